The molecule has 1 saturated carbocycles. The molecule has 0 bridgehead atoms. The summed E-state index contributed by atoms with van der Waals surface area (Å²) in [6.07, 6.45) is 5.21. The van der Waals surface area contributed by atoms with Crippen LogP contribution >= 0.6 is 0 Å². The van der Waals surface area contributed by atoms with Gasteiger partial charge in [0.15, 0.2) is 0 Å². The van der Waals surface area contributed by atoms with Crippen LogP contribution in [0, 0.1) is 5.92 Å². The Bertz CT molecular complexity index is 436. The molecule has 1 heterocycles. The monoisotopic (exact) mass is 249 g/mol. The van der Waals surface area contributed by atoms with Crippen LogP contribution in [0.2, 0.25) is 0 Å². The molecule has 0 aliphatic heterocycles. The van der Waals surface area contributed by atoms with Crippen molar-refractivity contribution in [1.29, 1.82) is 0 Å². The number of aromatic nitrogens is 1. The van der Waals surface area contributed by atoms with Gasteiger partial charge < -0.3 is 16.2 Å². The second-order valence-electron chi connectivity index (χ2n) is 5.16. The van der Waals surface area contributed by atoms with Gasteiger partial charge in [0.1, 0.15) is 0 Å². The summed E-state index contributed by atoms with van der Waals surface area (Å²) in [5.41, 5.74) is 7.74. The largest absolute Gasteiger partial charge is 0.465 e. The number of carbonyl (C=O) groups is 1. The standard InChI is InChI=1S/C13H19N3O2/c1-8-4-9(6-10(5-8)16-13(17)18)11-2-3-15-7-12(11)14/h2-3,7-10,16H,4-6,14H2,1H3,(H,17,18)/t8-,9+,10-/m0/s1. The first-order chi connectivity index (χ1) is 8.56. The Morgan fingerprint density at radius 2 is 2.28 bits per heavy atom. The van der Waals surface area contributed by atoms with Crippen molar-refractivity contribution in [3.8, 4) is 0 Å². The average molecular weight is 249 g/mol. The number of nitrogens with one attached hydrogen (secondary N) is 1. The van der Waals surface area contributed by atoms with Crippen LogP contribution in [0.15, 0.2) is 18.5 Å². The number of anilines is 1. The number of nitrogens with two attached hydrogens (primary N) is 1. The fourth-order valence-electron chi connectivity index (χ4n) is 2.94. The first-order valence-electron chi connectivity index (χ1n) is 6.25. The molecule has 5 nitrogen and oxygen atoms in total. The Morgan fingerprint density at radius 1 is 1.50 bits per heavy atom. The van der Waals surface area contributed by atoms with Crippen LogP contribution in [-0.4, -0.2) is 22.2 Å². The Hall–Kier alpha value is -1.78. The molecule has 0 spiro atoms. The average Bonchev–Trinajstić information content (AvgIpc) is 2.27. The summed E-state index contributed by atoms with van der Waals surface area (Å²) in [5, 5.41) is 11.4. The second kappa shape index (κ2) is 5.25. The number of nitrogen functional groups attached to an aromatic ring is 1. The maximum atomic E-state index is 10.7. The van der Waals surface area contributed by atoms with Gasteiger partial charge in [-0.3, -0.25) is 4.98 Å². The van der Waals surface area contributed by atoms with Gasteiger partial charge in [-0.05, 0) is 42.7 Å². The predicted molar refractivity (Wildman–Crippen MR) is 69.4 cm³/mol. The molecule has 1 fully saturated rings. The maximum absolute atomic E-state index is 10.7. The third kappa shape index (κ3) is 2.91. The van der Waals surface area contributed by atoms with Gasteiger partial charge in [0, 0.05) is 12.2 Å². The van der Waals surface area contributed by atoms with E-state index in [2.05, 4.69) is 17.2 Å². The zero-order chi connectivity index (χ0) is 13.1. The van der Waals surface area contributed by atoms with Gasteiger partial charge >= 0.3 is 6.09 Å². The lowest BCUT2D eigenvalue weighted by Crippen LogP contribution is -2.39. The van der Waals surface area contributed by atoms with Gasteiger partial charge in [0.2, 0.25) is 0 Å². The highest BCUT2D eigenvalue weighted by Gasteiger charge is 2.29. The van der Waals surface area contributed by atoms with Crippen molar-refractivity contribution in [2.24, 2.45) is 5.92 Å². The first kappa shape index (κ1) is 12.7. The van der Waals surface area contributed by atoms with Crippen molar-refractivity contribution >= 4 is 11.8 Å². The highest BCUT2D eigenvalue weighted by Crippen LogP contribution is 2.37. The minimum atomic E-state index is -0.949. The summed E-state index contributed by atoms with van der Waals surface area (Å²) in [5.74, 6) is 0.807. The van der Waals surface area contributed by atoms with E-state index < -0.39 is 6.09 Å². The minimum Gasteiger partial charge on any atom is -0.465 e. The van der Waals surface area contributed by atoms with Crippen LogP contribution in [0.25, 0.3) is 0 Å². The number of hydrogen-bond acceptors (Lipinski definition) is 3. The summed E-state index contributed by atoms with van der Waals surface area (Å²) in [6, 6.07) is 1.96. The molecule has 1 aliphatic rings. The van der Waals surface area contributed by atoms with Crippen LogP contribution in [-0.2, 0) is 0 Å². The molecular formula is C13H19N3O2. The molecule has 0 saturated heterocycles. The number of amides is 1. The maximum Gasteiger partial charge on any atom is 0.404 e. The van der Waals surface area contributed by atoms with Gasteiger partial charge in [0.25, 0.3) is 0 Å². The van der Waals surface area contributed by atoms with E-state index in [1.165, 1.54) is 0 Å². The Morgan fingerprint density at radius 3 is 2.94 bits per heavy atom. The van der Waals surface area contributed by atoms with Gasteiger partial charge in [-0.15, -0.1) is 0 Å². The zero-order valence-corrected chi connectivity index (χ0v) is 10.5. The summed E-state index contributed by atoms with van der Waals surface area (Å²) in [4.78, 5) is 14.7. The third-order valence-corrected chi connectivity index (χ3v) is 3.60. The van der Waals surface area contributed by atoms with Gasteiger partial charge in [-0.2, -0.15) is 0 Å². The highest BCUT2D eigenvalue weighted by atomic mass is 16.4. The lowest BCUT2D eigenvalue weighted by atomic mass is 9.76. The van der Waals surface area contributed by atoms with E-state index in [-0.39, 0.29) is 6.04 Å². The van der Waals surface area contributed by atoms with E-state index in [4.69, 9.17) is 10.8 Å². The minimum absolute atomic E-state index is 0.0174. The lowest BCUT2D eigenvalue weighted by molar-refractivity contribution is 0.179. The SMILES string of the molecule is C[C@@H]1C[C@H](NC(=O)O)C[C@H](c2ccncc2N)C1. The summed E-state index contributed by atoms with van der Waals surface area (Å²) in [7, 11) is 0. The van der Waals surface area contributed by atoms with Crippen molar-refractivity contribution < 1.29 is 9.90 Å². The molecule has 98 valence electrons. The molecule has 0 aromatic carbocycles. The molecule has 0 radical (unpaired) electrons. The van der Waals surface area contributed by atoms with Gasteiger partial charge in [0.05, 0.1) is 11.9 Å². The lowest BCUT2D eigenvalue weighted by Gasteiger charge is -2.33. The van der Waals surface area contributed by atoms with Crippen molar-refractivity contribution in [3.05, 3.63) is 24.0 Å². The summed E-state index contributed by atoms with van der Waals surface area (Å²) < 4.78 is 0. The molecule has 1 aliphatic carbocycles. The van der Waals surface area contributed by atoms with E-state index in [0.29, 0.717) is 17.5 Å². The van der Waals surface area contributed by atoms with E-state index in [9.17, 15) is 4.79 Å². The van der Waals surface area contributed by atoms with Crippen LogP contribution < -0.4 is 11.1 Å². The van der Waals surface area contributed by atoms with Crippen molar-refractivity contribution in [1.82, 2.24) is 10.3 Å². The molecule has 1 amide bonds. The number of nitrogens with zero attached hydrogens (tertiary/aromatic N) is 1. The Labute approximate surface area is 106 Å². The highest BCUT2D eigenvalue weighted by molar-refractivity contribution is 5.64. The Balaban J connectivity index is 2.13. The molecule has 1 aromatic heterocycles. The van der Waals surface area contributed by atoms with Crippen LogP contribution in [0.1, 0.15) is 37.7 Å². The number of carboxylic acid groups (broad SMARTS) is 1. The number of pyridine rings is 1. The topological polar surface area (TPSA) is 88.2 Å². The first-order valence-corrected chi connectivity index (χ1v) is 6.25. The molecule has 2 rings (SSSR count). The normalized spacial score (nSPS) is 27.7. The van der Waals surface area contributed by atoms with E-state index in [1.54, 1.807) is 12.4 Å². The Kier molecular flexibility index (Phi) is 3.69. The fraction of sp³-hybridized carbons (Fsp3) is 0.538. The molecule has 1 aromatic rings. The number of hydrogen-bond donors (Lipinski definition) is 3. The summed E-state index contributed by atoms with van der Waals surface area (Å²) >= 11 is 0. The molecule has 0 unspecified atom stereocenters. The van der Waals surface area contributed by atoms with Gasteiger partial charge in [-0.25, -0.2) is 4.79 Å². The number of rotatable bonds is 2. The molecule has 5 heteroatoms. The third-order valence-electron chi connectivity index (χ3n) is 3.60. The van der Waals surface area contributed by atoms with Crippen molar-refractivity contribution in [3.63, 3.8) is 0 Å². The summed E-state index contributed by atoms with van der Waals surface area (Å²) in [6.45, 7) is 2.15. The van der Waals surface area contributed by atoms with E-state index in [0.717, 1.165) is 24.8 Å². The van der Waals surface area contributed by atoms with Crippen LogP contribution in [0.3, 0.4) is 0 Å². The molecule has 3 atom stereocenters. The van der Waals surface area contributed by atoms with Gasteiger partial charge in [-0.1, -0.05) is 6.92 Å². The smallest absolute Gasteiger partial charge is 0.404 e. The van der Waals surface area contributed by atoms with E-state index >= 15 is 0 Å². The predicted octanol–water partition coefficient (Wildman–Crippen LogP) is 2.20. The van der Waals surface area contributed by atoms with Crippen LogP contribution in [0.5, 0.6) is 0 Å². The second-order valence-corrected chi connectivity index (χ2v) is 5.16. The quantitative estimate of drug-likeness (QED) is 0.749. The van der Waals surface area contributed by atoms with Crippen molar-refractivity contribution in [2.75, 3.05) is 5.73 Å². The molecule has 18 heavy (non-hydrogen) atoms. The van der Waals surface area contributed by atoms with Crippen molar-refractivity contribution in [2.45, 2.75) is 38.1 Å². The van der Waals surface area contributed by atoms with E-state index in [1.807, 2.05) is 6.07 Å². The fourth-order valence-corrected chi connectivity index (χ4v) is 2.94. The molecule has 4 N–H and O–H groups in total. The zero-order valence-electron chi connectivity index (χ0n) is 10.5. The molecular weight excluding hydrogens is 230 g/mol. The van der Waals surface area contributed by atoms with Crippen LogP contribution in [0.4, 0.5) is 10.5 Å².